The van der Waals surface area contributed by atoms with Crippen molar-refractivity contribution in [2.24, 2.45) is 5.73 Å². The second-order valence-corrected chi connectivity index (χ2v) is 6.29. The molecule has 0 aliphatic carbocycles. The van der Waals surface area contributed by atoms with Gasteiger partial charge in [0.25, 0.3) is 0 Å². The van der Waals surface area contributed by atoms with Crippen molar-refractivity contribution >= 4 is 0 Å². The molecule has 1 fully saturated rings. The lowest BCUT2D eigenvalue weighted by atomic mass is 9.83. The molecule has 0 radical (unpaired) electrons. The molecule has 1 aromatic carbocycles. The number of fused-ring (bicyclic) bond motifs is 1. The van der Waals surface area contributed by atoms with Crippen LogP contribution in [0.5, 0.6) is 11.5 Å². The van der Waals surface area contributed by atoms with Crippen LogP contribution in [0.2, 0.25) is 0 Å². The number of ether oxygens (including phenoxy) is 2. The first-order chi connectivity index (χ1) is 10.1. The highest BCUT2D eigenvalue weighted by Gasteiger charge is 2.38. The van der Waals surface area contributed by atoms with Gasteiger partial charge in [-0.15, -0.1) is 0 Å². The summed E-state index contributed by atoms with van der Waals surface area (Å²) in [6.45, 7) is 8.07. The summed E-state index contributed by atoms with van der Waals surface area (Å²) in [5.41, 5.74) is 7.79. The van der Waals surface area contributed by atoms with Crippen molar-refractivity contribution in [1.82, 2.24) is 4.90 Å². The molecular formula is C17H26N2O2. The smallest absolute Gasteiger partial charge is 0.161 e. The lowest BCUT2D eigenvalue weighted by Crippen LogP contribution is -2.51. The molecule has 2 atom stereocenters. The maximum Gasteiger partial charge on any atom is 0.161 e. The van der Waals surface area contributed by atoms with Crippen LogP contribution < -0.4 is 15.2 Å². The Labute approximate surface area is 127 Å². The van der Waals surface area contributed by atoms with Crippen LogP contribution >= 0.6 is 0 Å². The number of nitrogens with two attached hydrogens (primary N) is 1. The highest BCUT2D eigenvalue weighted by atomic mass is 16.6. The van der Waals surface area contributed by atoms with Crippen LogP contribution in [0.1, 0.15) is 44.7 Å². The first-order valence-electron chi connectivity index (χ1n) is 8.05. The number of likely N-dealkylation sites (tertiary alicyclic amines) is 1. The van der Waals surface area contributed by atoms with Gasteiger partial charge in [0.2, 0.25) is 0 Å². The minimum absolute atomic E-state index is 0.000259. The van der Waals surface area contributed by atoms with Gasteiger partial charge in [-0.3, -0.25) is 4.90 Å². The van der Waals surface area contributed by atoms with Crippen molar-refractivity contribution in [3.63, 3.8) is 0 Å². The van der Waals surface area contributed by atoms with Crippen LogP contribution in [0.25, 0.3) is 0 Å². The van der Waals surface area contributed by atoms with E-state index in [0.717, 1.165) is 36.6 Å². The Hall–Kier alpha value is -1.26. The first kappa shape index (κ1) is 14.7. The van der Waals surface area contributed by atoms with E-state index >= 15 is 0 Å². The summed E-state index contributed by atoms with van der Waals surface area (Å²) in [5, 5.41) is 0. The van der Waals surface area contributed by atoms with Gasteiger partial charge in [0, 0.05) is 11.6 Å². The van der Waals surface area contributed by atoms with E-state index in [9.17, 15) is 0 Å². The molecule has 21 heavy (non-hydrogen) atoms. The fourth-order valence-electron chi connectivity index (χ4n) is 3.48. The molecule has 4 heteroatoms. The second-order valence-electron chi connectivity index (χ2n) is 6.29. The molecule has 0 saturated carbocycles. The van der Waals surface area contributed by atoms with Crippen LogP contribution in [0.4, 0.5) is 0 Å². The third-order valence-corrected chi connectivity index (χ3v) is 5.14. The van der Waals surface area contributed by atoms with E-state index in [2.05, 4.69) is 30.9 Å². The Bertz CT molecular complexity index is 500. The summed E-state index contributed by atoms with van der Waals surface area (Å²) >= 11 is 0. The van der Waals surface area contributed by atoms with Crippen LogP contribution in [0.15, 0.2) is 18.2 Å². The van der Waals surface area contributed by atoms with Gasteiger partial charge >= 0.3 is 0 Å². The Morgan fingerprint density at radius 3 is 2.52 bits per heavy atom. The summed E-state index contributed by atoms with van der Waals surface area (Å²) in [5.74, 6) is 1.66. The monoisotopic (exact) mass is 290 g/mol. The minimum atomic E-state index is -0.0172. The Morgan fingerprint density at radius 2 is 1.86 bits per heavy atom. The molecule has 2 aliphatic heterocycles. The molecule has 1 aromatic rings. The minimum Gasteiger partial charge on any atom is -0.486 e. The van der Waals surface area contributed by atoms with Crippen molar-refractivity contribution in [3.05, 3.63) is 23.8 Å². The molecule has 0 spiro atoms. The molecule has 0 amide bonds. The highest BCUT2D eigenvalue weighted by Crippen LogP contribution is 2.38. The lowest BCUT2D eigenvalue weighted by Gasteiger charge is -2.43. The van der Waals surface area contributed by atoms with E-state index in [0.29, 0.717) is 13.2 Å². The molecule has 2 heterocycles. The van der Waals surface area contributed by atoms with Gasteiger partial charge in [-0.05, 0) is 57.0 Å². The molecule has 0 aromatic heterocycles. The number of benzene rings is 1. The molecule has 2 unspecified atom stereocenters. The van der Waals surface area contributed by atoms with Crippen LogP contribution in [-0.2, 0) is 0 Å². The highest BCUT2D eigenvalue weighted by molar-refractivity contribution is 5.45. The average Bonchev–Trinajstić information content (AvgIpc) is 3.08. The van der Waals surface area contributed by atoms with Gasteiger partial charge in [-0.1, -0.05) is 13.0 Å². The van der Waals surface area contributed by atoms with Crippen LogP contribution in [-0.4, -0.2) is 36.7 Å². The van der Waals surface area contributed by atoms with Gasteiger partial charge < -0.3 is 15.2 Å². The third kappa shape index (κ3) is 2.62. The fourth-order valence-corrected chi connectivity index (χ4v) is 3.48. The zero-order chi connectivity index (χ0) is 14.9. The SMILES string of the molecule is CCC(C)(C(N)c1ccc2c(c1)OCCO2)N1CCCC1. The largest absolute Gasteiger partial charge is 0.486 e. The summed E-state index contributed by atoms with van der Waals surface area (Å²) in [6, 6.07) is 6.12. The fraction of sp³-hybridized carbons (Fsp3) is 0.647. The summed E-state index contributed by atoms with van der Waals surface area (Å²) < 4.78 is 11.3. The maximum absolute atomic E-state index is 6.66. The number of hydrogen-bond acceptors (Lipinski definition) is 4. The van der Waals surface area contributed by atoms with Gasteiger partial charge in [-0.2, -0.15) is 0 Å². The van der Waals surface area contributed by atoms with Crippen LogP contribution in [0.3, 0.4) is 0 Å². The van der Waals surface area contributed by atoms with E-state index < -0.39 is 0 Å². The zero-order valence-electron chi connectivity index (χ0n) is 13.1. The maximum atomic E-state index is 6.66. The molecule has 116 valence electrons. The van der Waals surface area contributed by atoms with E-state index in [1.807, 2.05) is 6.07 Å². The topological polar surface area (TPSA) is 47.7 Å². The normalized spacial score (nSPS) is 22.8. The van der Waals surface area contributed by atoms with E-state index in [1.54, 1.807) is 0 Å². The third-order valence-electron chi connectivity index (χ3n) is 5.14. The molecule has 3 rings (SSSR count). The molecule has 2 N–H and O–H groups in total. The summed E-state index contributed by atoms with van der Waals surface area (Å²) in [6.07, 6.45) is 3.61. The summed E-state index contributed by atoms with van der Waals surface area (Å²) in [7, 11) is 0. The van der Waals surface area contributed by atoms with E-state index in [-0.39, 0.29) is 11.6 Å². The predicted octanol–water partition coefficient (Wildman–Crippen LogP) is 2.72. The first-order valence-corrected chi connectivity index (χ1v) is 8.05. The average molecular weight is 290 g/mol. The molecule has 4 nitrogen and oxygen atoms in total. The summed E-state index contributed by atoms with van der Waals surface area (Å²) in [4.78, 5) is 2.55. The van der Waals surface area contributed by atoms with Crippen LogP contribution in [0, 0.1) is 0 Å². The quantitative estimate of drug-likeness (QED) is 0.926. The van der Waals surface area contributed by atoms with Gasteiger partial charge in [0.1, 0.15) is 13.2 Å². The predicted molar refractivity (Wildman–Crippen MR) is 83.9 cm³/mol. The second kappa shape index (κ2) is 5.85. The van der Waals surface area contributed by atoms with E-state index in [1.165, 1.54) is 12.8 Å². The number of hydrogen-bond donors (Lipinski definition) is 1. The van der Waals surface area contributed by atoms with Gasteiger partial charge in [-0.25, -0.2) is 0 Å². The Balaban J connectivity index is 1.87. The van der Waals surface area contributed by atoms with Crippen molar-refractivity contribution in [1.29, 1.82) is 0 Å². The Kier molecular flexibility index (Phi) is 4.09. The van der Waals surface area contributed by atoms with Crippen molar-refractivity contribution < 1.29 is 9.47 Å². The molecule has 2 aliphatic rings. The van der Waals surface area contributed by atoms with Crippen molar-refractivity contribution in [2.75, 3.05) is 26.3 Å². The zero-order valence-corrected chi connectivity index (χ0v) is 13.1. The van der Waals surface area contributed by atoms with Gasteiger partial charge in [0.15, 0.2) is 11.5 Å². The molecular weight excluding hydrogens is 264 g/mol. The van der Waals surface area contributed by atoms with Gasteiger partial charge in [0.05, 0.1) is 0 Å². The van der Waals surface area contributed by atoms with Crippen molar-refractivity contribution in [2.45, 2.75) is 44.7 Å². The van der Waals surface area contributed by atoms with Crippen molar-refractivity contribution in [3.8, 4) is 11.5 Å². The standard InChI is InChI=1S/C17H26N2O2/c1-3-17(2,19-8-4-5-9-19)16(18)13-6-7-14-15(12-13)21-11-10-20-14/h6-7,12,16H,3-5,8-11,18H2,1-2H3. The molecule has 0 bridgehead atoms. The number of nitrogens with zero attached hydrogens (tertiary/aromatic N) is 1. The van der Waals surface area contributed by atoms with E-state index in [4.69, 9.17) is 15.2 Å². The molecule has 1 saturated heterocycles. The lowest BCUT2D eigenvalue weighted by molar-refractivity contribution is 0.0996. The Morgan fingerprint density at radius 1 is 1.19 bits per heavy atom. The number of rotatable bonds is 4.